The maximum Gasteiger partial charge on any atom is 0 e. The van der Waals surface area contributed by atoms with Gasteiger partial charge in [0.25, 0.3) is 0 Å². The van der Waals surface area contributed by atoms with Crippen LogP contribution in [-0.2, 0) is 28.1 Å². The Bertz CT molecular complexity index is 963. The molecule has 1 heteroatoms. The quantitative estimate of drug-likeness (QED) is 0.251. The Morgan fingerprint density at radius 2 is 1.23 bits per heavy atom. The molecule has 5 rings (SSSR count). The zero-order valence-electron chi connectivity index (χ0n) is 14.4. The van der Waals surface area contributed by atoms with Gasteiger partial charge in [-0.05, 0) is 23.1 Å². The molecule has 4 aromatic rings. The van der Waals surface area contributed by atoms with Crippen molar-refractivity contribution in [1.29, 1.82) is 0 Å². The van der Waals surface area contributed by atoms with Crippen LogP contribution in [0, 0.1) is 6.07 Å². The summed E-state index contributed by atoms with van der Waals surface area (Å²) in [7, 11) is 0. The Morgan fingerprint density at radius 3 is 1.96 bits per heavy atom. The monoisotopic (exact) mass is 365 g/mol. The summed E-state index contributed by atoms with van der Waals surface area (Å²) in [5, 5.41) is 0. The van der Waals surface area contributed by atoms with E-state index in [2.05, 4.69) is 97.1 Å². The summed E-state index contributed by atoms with van der Waals surface area (Å²) < 4.78 is 0. The van der Waals surface area contributed by atoms with Crippen molar-refractivity contribution in [3.63, 3.8) is 0 Å². The Balaban J connectivity index is 0.00000168. The Kier molecular flexibility index (Phi) is 4.63. The van der Waals surface area contributed by atoms with E-state index in [4.69, 9.17) is 0 Å². The molecule has 0 N–H and O–H groups in total. The molecule has 0 atom stereocenters. The minimum absolute atomic E-state index is 0. The minimum Gasteiger partial charge on any atom is -0.143 e. The molecule has 0 heterocycles. The van der Waals surface area contributed by atoms with Crippen LogP contribution in [0.4, 0.5) is 0 Å². The second-order valence-electron chi connectivity index (χ2n) is 6.54. The van der Waals surface area contributed by atoms with Crippen molar-refractivity contribution < 1.29 is 21.7 Å². The van der Waals surface area contributed by atoms with Crippen LogP contribution in [0.1, 0.15) is 11.1 Å². The van der Waals surface area contributed by atoms with Gasteiger partial charge in [-0.3, -0.25) is 0 Å². The standard InChI is InChI=1S/C25H17.Ti/c1-3-7-18(8-4-1)20-11-13-24-22(15-20)17-23-16-21(12-14-25(23)24)19-9-5-2-6-10-19;/h1-15H,17H2;/q-1;. The Morgan fingerprint density at radius 1 is 0.577 bits per heavy atom. The van der Waals surface area contributed by atoms with Crippen LogP contribution >= 0.6 is 0 Å². The van der Waals surface area contributed by atoms with Gasteiger partial charge in [-0.1, -0.05) is 95.6 Å². The van der Waals surface area contributed by atoms with E-state index in [0.29, 0.717) is 0 Å². The molecular weight excluding hydrogens is 348 g/mol. The molecule has 0 bridgehead atoms. The van der Waals surface area contributed by atoms with Crippen molar-refractivity contribution >= 4 is 0 Å². The number of rotatable bonds is 2. The number of benzene rings is 4. The Hall–Kier alpha value is -2.41. The van der Waals surface area contributed by atoms with Gasteiger partial charge in [0.2, 0.25) is 0 Å². The third kappa shape index (κ3) is 2.96. The third-order valence-electron chi connectivity index (χ3n) is 4.98. The fourth-order valence-electron chi connectivity index (χ4n) is 3.72. The van der Waals surface area contributed by atoms with E-state index >= 15 is 0 Å². The van der Waals surface area contributed by atoms with Crippen LogP contribution in [0.3, 0.4) is 0 Å². The zero-order chi connectivity index (χ0) is 16.6. The largest absolute Gasteiger partial charge is 0.143 e. The van der Waals surface area contributed by atoms with E-state index in [1.807, 2.05) is 0 Å². The van der Waals surface area contributed by atoms with Crippen molar-refractivity contribution in [3.05, 3.63) is 108 Å². The summed E-state index contributed by atoms with van der Waals surface area (Å²) in [5.74, 6) is 0. The Labute approximate surface area is 169 Å². The molecule has 0 fully saturated rings. The summed E-state index contributed by atoms with van der Waals surface area (Å²) in [6.45, 7) is 0. The predicted molar refractivity (Wildman–Crippen MR) is 104 cm³/mol. The predicted octanol–water partition coefficient (Wildman–Crippen LogP) is 6.39. The van der Waals surface area contributed by atoms with Gasteiger partial charge in [0.15, 0.2) is 0 Å². The van der Waals surface area contributed by atoms with Gasteiger partial charge in [-0.25, -0.2) is 0 Å². The molecule has 0 amide bonds. The molecule has 122 valence electrons. The van der Waals surface area contributed by atoms with Crippen LogP contribution in [-0.4, -0.2) is 0 Å². The average Bonchev–Trinajstić information content (AvgIpc) is 3.06. The first-order chi connectivity index (χ1) is 12.4. The second-order valence-corrected chi connectivity index (χ2v) is 6.54. The fraction of sp³-hybridized carbons (Fsp3) is 0.0400. The molecule has 0 nitrogen and oxygen atoms in total. The SMILES string of the molecule is [Ti].[c-]1c(-c2ccccc2)ccc2c1Cc1cc(-c3ccccc3)ccc1-2. The van der Waals surface area contributed by atoms with Gasteiger partial charge in [-0.2, -0.15) is 0 Å². The van der Waals surface area contributed by atoms with Gasteiger partial charge < -0.3 is 0 Å². The summed E-state index contributed by atoms with van der Waals surface area (Å²) in [4.78, 5) is 0. The maximum atomic E-state index is 3.65. The van der Waals surface area contributed by atoms with Gasteiger partial charge >= 0.3 is 0 Å². The third-order valence-corrected chi connectivity index (χ3v) is 4.98. The van der Waals surface area contributed by atoms with Crippen molar-refractivity contribution in [2.45, 2.75) is 6.42 Å². The number of hydrogen-bond acceptors (Lipinski definition) is 0. The van der Waals surface area contributed by atoms with E-state index in [1.54, 1.807) is 0 Å². The van der Waals surface area contributed by atoms with Crippen molar-refractivity contribution in [1.82, 2.24) is 0 Å². The van der Waals surface area contributed by atoms with E-state index in [0.717, 1.165) is 6.42 Å². The molecule has 1 aliphatic carbocycles. The second kappa shape index (κ2) is 7.07. The van der Waals surface area contributed by atoms with Crippen LogP contribution in [0.2, 0.25) is 0 Å². The molecule has 1 aliphatic rings. The molecule has 0 unspecified atom stereocenters. The number of hydrogen-bond donors (Lipinski definition) is 0. The van der Waals surface area contributed by atoms with Crippen LogP contribution in [0.15, 0.2) is 91.0 Å². The topological polar surface area (TPSA) is 0 Å². The molecule has 4 aromatic carbocycles. The first kappa shape index (κ1) is 17.0. The molecule has 0 radical (unpaired) electrons. The van der Waals surface area contributed by atoms with Crippen molar-refractivity contribution in [2.75, 3.05) is 0 Å². The van der Waals surface area contributed by atoms with E-state index in [9.17, 15) is 0 Å². The summed E-state index contributed by atoms with van der Waals surface area (Å²) in [6, 6.07) is 36.0. The first-order valence-electron chi connectivity index (χ1n) is 8.68. The molecule has 0 aliphatic heterocycles. The molecular formula is C25H17Ti-. The van der Waals surface area contributed by atoms with Crippen LogP contribution < -0.4 is 0 Å². The fourth-order valence-corrected chi connectivity index (χ4v) is 3.72. The molecule has 0 saturated heterocycles. The summed E-state index contributed by atoms with van der Waals surface area (Å²) in [6.07, 6.45) is 0.964. The van der Waals surface area contributed by atoms with E-state index < -0.39 is 0 Å². The minimum atomic E-state index is 0. The smallest absolute Gasteiger partial charge is 0 e. The van der Waals surface area contributed by atoms with Gasteiger partial charge in [0, 0.05) is 21.7 Å². The van der Waals surface area contributed by atoms with Crippen LogP contribution in [0.5, 0.6) is 0 Å². The van der Waals surface area contributed by atoms with Crippen molar-refractivity contribution in [2.24, 2.45) is 0 Å². The van der Waals surface area contributed by atoms with Crippen molar-refractivity contribution in [3.8, 4) is 33.4 Å². The number of fused-ring (bicyclic) bond motifs is 3. The molecule has 26 heavy (non-hydrogen) atoms. The van der Waals surface area contributed by atoms with E-state index in [-0.39, 0.29) is 21.7 Å². The average molecular weight is 365 g/mol. The normalized spacial score (nSPS) is 11.4. The zero-order valence-corrected chi connectivity index (χ0v) is 15.9. The summed E-state index contributed by atoms with van der Waals surface area (Å²) >= 11 is 0. The molecule has 0 aromatic heterocycles. The van der Waals surface area contributed by atoms with Gasteiger partial charge in [0.1, 0.15) is 0 Å². The van der Waals surface area contributed by atoms with Gasteiger partial charge in [-0.15, -0.1) is 29.3 Å². The summed E-state index contributed by atoms with van der Waals surface area (Å²) in [5.41, 5.74) is 10.4. The van der Waals surface area contributed by atoms with E-state index in [1.165, 1.54) is 44.5 Å². The molecule has 0 saturated carbocycles. The maximum absolute atomic E-state index is 3.65. The van der Waals surface area contributed by atoms with Crippen LogP contribution in [0.25, 0.3) is 33.4 Å². The van der Waals surface area contributed by atoms with Gasteiger partial charge in [0.05, 0.1) is 0 Å². The molecule has 0 spiro atoms. The first-order valence-corrected chi connectivity index (χ1v) is 8.68.